The van der Waals surface area contributed by atoms with Crippen LogP contribution in [0.15, 0.2) is 54.6 Å². The molecule has 1 atom stereocenters. The number of aromatic nitrogens is 2. The highest BCUT2D eigenvalue weighted by molar-refractivity contribution is 6.30. The summed E-state index contributed by atoms with van der Waals surface area (Å²) >= 11 is 6.05. The van der Waals surface area contributed by atoms with Crippen LogP contribution in [-0.4, -0.2) is 41.3 Å². The van der Waals surface area contributed by atoms with Crippen LogP contribution in [0.3, 0.4) is 0 Å². The number of halogens is 1. The van der Waals surface area contributed by atoms with Crippen molar-refractivity contribution < 1.29 is 9.53 Å². The molecule has 5 nitrogen and oxygen atoms in total. The lowest BCUT2D eigenvalue weighted by molar-refractivity contribution is 0.0677. The lowest BCUT2D eigenvalue weighted by atomic mass is 9.96. The SMILES string of the molecule is COCCN1C(=O)c2[nH]nc(-c3ccccc3)c2C1c1ccc(Cl)cc1. The van der Waals surface area contributed by atoms with Gasteiger partial charge < -0.3 is 9.64 Å². The number of methoxy groups -OCH3 is 1. The molecule has 1 unspecified atom stereocenters. The molecule has 0 bridgehead atoms. The van der Waals surface area contributed by atoms with Crippen molar-refractivity contribution in [3.05, 3.63) is 76.4 Å². The maximum absolute atomic E-state index is 13.0. The Morgan fingerprint density at radius 3 is 2.58 bits per heavy atom. The third kappa shape index (κ3) is 2.79. The van der Waals surface area contributed by atoms with E-state index in [1.807, 2.05) is 59.5 Å². The summed E-state index contributed by atoms with van der Waals surface area (Å²) in [5, 5.41) is 8.04. The van der Waals surface area contributed by atoms with E-state index in [2.05, 4.69) is 10.2 Å². The lowest BCUT2D eigenvalue weighted by Gasteiger charge is -2.26. The second-order valence-electron chi connectivity index (χ2n) is 6.17. The van der Waals surface area contributed by atoms with Crippen LogP contribution in [0.2, 0.25) is 5.02 Å². The van der Waals surface area contributed by atoms with Crippen molar-refractivity contribution in [1.29, 1.82) is 0 Å². The molecule has 0 spiro atoms. The van der Waals surface area contributed by atoms with Crippen LogP contribution in [0.1, 0.15) is 27.7 Å². The molecule has 1 aromatic heterocycles. The molecule has 4 rings (SSSR count). The topological polar surface area (TPSA) is 58.2 Å². The highest BCUT2D eigenvalue weighted by atomic mass is 35.5. The number of carbonyl (C=O) groups excluding carboxylic acids is 1. The Bertz CT molecular complexity index is 922. The molecule has 1 aliphatic heterocycles. The van der Waals surface area contributed by atoms with Crippen LogP contribution in [-0.2, 0) is 4.74 Å². The van der Waals surface area contributed by atoms with E-state index in [0.717, 1.165) is 22.4 Å². The summed E-state index contributed by atoms with van der Waals surface area (Å²) in [6.07, 6.45) is 0. The maximum atomic E-state index is 13.0. The molecule has 6 heteroatoms. The van der Waals surface area contributed by atoms with Crippen LogP contribution in [0, 0.1) is 0 Å². The number of aromatic amines is 1. The average molecular weight is 368 g/mol. The van der Waals surface area contributed by atoms with Gasteiger partial charge in [-0.2, -0.15) is 5.10 Å². The van der Waals surface area contributed by atoms with E-state index < -0.39 is 0 Å². The quantitative estimate of drug-likeness (QED) is 0.743. The Morgan fingerprint density at radius 2 is 1.88 bits per heavy atom. The smallest absolute Gasteiger partial charge is 0.273 e. The van der Waals surface area contributed by atoms with Gasteiger partial charge in [-0.1, -0.05) is 54.1 Å². The lowest BCUT2D eigenvalue weighted by Crippen LogP contribution is -2.32. The fourth-order valence-corrected chi connectivity index (χ4v) is 3.55. The number of amides is 1. The van der Waals surface area contributed by atoms with E-state index in [1.165, 1.54) is 0 Å². The van der Waals surface area contributed by atoms with Crippen molar-refractivity contribution in [3.8, 4) is 11.3 Å². The van der Waals surface area contributed by atoms with E-state index in [1.54, 1.807) is 7.11 Å². The predicted molar refractivity (Wildman–Crippen MR) is 100 cm³/mol. The number of nitrogens with one attached hydrogen (secondary N) is 1. The molecule has 1 N–H and O–H groups in total. The summed E-state index contributed by atoms with van der Waals surface area (Å²) in [4.78, 5) is 14.8. The number of fused-ring (bicyclic) bond motifs is 1. The molecular weight excluding hydrogens is 350 g/mol. The third-order valence-corrected chi connectivity index (χ3v) is 4.89. The fraction of sp³-hybridized carbons (Fsp3) is 0.200. The number of nitrogens with zero attached hydrogens (tertiary/aromatic N) is 2. The minimum atomic E-state index is -0.223. The molecule has 1 aliphatic rings. The number of hydrogen-bond donors (Lipinski definition) is 1. The van der Waals surface area contributed by atoms with Crippen molar-refractivity contribution >= 4 is 17.5 Å². The van der Waals surface area contributed by atoms with Gasteiger partial charge in [0.2, 0.25) is 0 Å². The normalized spacial score (nSPS) is 16.2. The molecule has 2 aromatic carbocycles. The molecule has 1 amide bonds. The Kier molecular flexibility index (Phi) is 4.49. The van der Waals surface area contributed by atoms with Gasteiger partial charge in [-0.05, 0) is 17.7 Å². The van der Waals surface area contributed by atoms with E-state index >= 15 is 0 Å². The first-order chi connectivity index (χ1) is 12.7. The second-order valence-corrected chi connectivity index (χ2v) is 6.61. The van der Waals surface area contributed by atoms with Gasteiger partial charge in [0.15, 0.2) is 0 Å². The predicted octanol–water partition coefficient (Wildman–Crippen LogP) is 3.92. The average Bonchev–Trinajstić information content (AvgIpc) is 3.21. The molecule has 26 heavy (non-hydrogen) atoms. The van der Waals surface area contributed by atoms with Crippen LogP contribution in [0.25, 0.3) is 11.3 Å². The van der Waals surface area contributed by atoms with E-state index in [9.17, 15) is 4.79 Å². The monoisotopic (exact) mass is 367 g/mol. The highest BCUT2D eigenvalue weighted by Gasteiger charge is 2.41. The first kappa shape index (κ1) is 16.8. The third-order valence-electron chi connectivity index (χ3n) is 4.63. The van der Waals surface area contributed by atoms with Crippen LogP contribution < -0.4 is 0 Å². The Balaban J connectivity index is 1.85. The van der Waals surface area contributed by atoms with Crippen molar-refractivity contribution in [3.63, 3.8) is 0 Å². The van der Waals surface area contributed by atoms with Gasteiger partial charge in [0.05, 0.1) is 18.3 Å². The summed E-state index contributed by atoms with van der Waals surface area (Å²) in [5.74, 6) is -0.0633. The molecule has 132 valence electrons. The van der Waals surface area contributed by atoms with E-state index in [0.29, 0.717) is 23.9 Å². The molecule has 3 aromatic rings. The number of H-pyrrole nitrogens is 1. The molecule has 0 saturated heterocycles. The number of carbonyl (C=O) groups is 1. The molecule has 0 radical (unpaired) electrons. The second kappa shape index (κ2) is 6.94. The number of rotatable bonds is 5. The van der Waals surface area contributed by atoms with Crippen molar-refractivity contribution in [2.45, 2.75) is 6.04 Å². The largest absolute Gasteiger partial charge is 0.383 e. The molecule has 0 saturated carbocycles. The number of benzene rings is 2. The first-order valence-corrected chi connectivity index (χ1v) is 8.77. The zero-order valence-electron chi connectivity index (χ0n) is 14.3. The van der Waals surface area contributed by atoms with Gasteiger partial charge in [-0.15, -0.1) is 0 Å². The van der Waals surface area contributed by atoms with E-state index in [4.69, 9.17) is 16.3 Å². The fourth-order valence-electron chi connectivity index (χ4n) is 3.42. The van der Waals surface area contributed by atoms with Crippen LogP contribution in [0.5, 0.6) is 0 Å². The maximum Gasteiger partial charge on any atom is 0.273 e. The van der Waals surface area contributed by atoms with Gasteiger partial charge in [0, 0.05) is 29.8 Å². The number of hydrogen-bond acceptors (Lipinski definition) is 3. The van der Waals surface area contributed by atoms with Gasteiger partial charge in [-0.3, -0.25) is 9.89 Å². The summed E-state index contributed by atoms with van der Waals surface area (Å²) in [5.41, 5.74) is 4.22. The summed E-state index contributed by atoms with van der Waals surface area (Å²) in [6, 6.07) is 17.3. The molecular formula is C20H18ClN3O2. The van der Waals surface area contributed by atoms with Crippen LogP contribution >= 0.6 is 11.6 Å². The zero-order chi connectivity index (χ0) is 18.1. The van der Waals surface area contributed by atoms with Crippen molar-refractivity contribution in [2.24, 2.45) is 0 Å². The number of ether oxygens (including phenoxy) is 1. The standard InChI is InChI=1S/C20H18ClN3O2/c1-26-12-11-24-19(14-7-9-15(21)10-8-14)16-17(13-5-3-2-4-6-13)22-23-18(16)20(24)25/h2-10,19H,11-12H2,1H3,(H,22,23). The van der Waals surface area contributed by atoms with Gasteiger partial charge >= 0.3 is 0 Å². The van der Waals surface area contributed by atoms with Crippen molar-refractivity contribution in [2.75, 3.05) is 20.3 Å². The van der Waals surface area contributed by atoms with Gasteiger partial charge in [-0.25, -0.2) is 0 Å². The van der Waals surface area contributed by atoms with E-state index in [-0.39, 0.29) is 11.9 Å². The Hall–Kier alpha value is -2.63. The first-order valence-electron chi connectivity index (χ1n) is 8.39. The minimum absolute atomic E-state index is 0.0633. The molecule has 0 fully saturated rings. The zero-order valence-corrected chi connectivity index (χ0v) is 15.0. The Labute approximate surface area is 156 Å². The van der Waals surface area contributed by atoms with Gasteiger partial charge in [0.25, 0.3) is 5.91 Å². The van der Waals surface area contributed by atoms with Gasteiger partial charge in [0.1, 0.15) is 5.69 Å². The molecule has 0 aliphatic carbocycles. The Morgan fingerprint density at radius 1 is 1.15 bits per heavy atom. The summed E-state index contributed by atoms with van der Waals surface area (Å²) < 4.78 is 5.20. The minimum Gasteiger partial charge on any atom is -0.383 e. The summed E-state index contributed by atoms with van der Waals surface area (Å²) in [6.45, 7) is 0.966. The van der Waals surface area contributed by atoms with Crippen molar-refractivity contribution in [1.82, 2.24) is 15.1 Å². The van der Waals surface area contributed by atoms with Crippen LogP contribution in [0.4, 0.5) is 0 Å². The molecule has 2 heterocycles. The highest BCUT2D eigenvalue weighted by Crippen LogP contribution is 2.42. The summed E-state index contributed by atoms with van der Waals surface area (Å²) in [7, 11) is 1.63.